The summed E-state index contributed by atoms with van der Waals surface area (Å²) in [5.41, 5.74) is 5.97. The molecule has 2 N–H and O–H groups in total. The summed E-state index contributed by atoms with van der Waals surface area (Å²) in [5.74, 6) is -1.39. The topological polar surface area (TPSA) is 136 Å². The van der Waals surface area contributed by atoms with Gasteiger partial charge in [-0.05, 0) is 5.53 Å². The van der Waals surface area contributed by atoms with E-state index in [4.69, 9.17) is 20.5 Å². The van der Waals surface area contributed by atoms with Crippen LogP contribution in [0, 0.1) is 0 Å². The van der Waals surface area contributed by atoms with Crippen molar-refractivity contribution in [1.82, 2.24) is 4.90 Å². The highest BCUT2D eigenvalue weighted by atomic mass is 19.1. The Labute approximate surface area is 107 Å². The standard InChI is InChI=1S/C9H13FN4O5/c10-9(5-19-2-1-12-13-11)3-6(7(15)16)14(4-9)8(17)18/h6H,1-5H2,(H,15,16)(H,17,18)/t6-,9+/m0/s1. The van der Waals surface area contributed by atoms with Gasteiger partial charge in [0.25, 0.3) is 0 Å². The van der Waals surface area contributed by atoms with Crippen LogP contribution in [0.2, 0.25) is 0 Å². The van der Waals surface area contributed by atoms with E-state index in [1.807, 2.05) is 0 Å². The molecule has 1 saturated heterocycles. The lowest BCUT2D eigenvalue weighted by molar-refractivity contribution is -0.141. The maximum absolute atomic E-state index is 14.2. The third-order valence-corrected chi connectivity index (χ3v) is 2.68. The lowest BCUT2D eigenvalue weighted by Gasteiger charge is -2.19. The molecule has 0 aromatic heterocycles. The number of carboxylic acids is 1. The number of carboxylic acid groups (broad SMARTS) is 2. The van der Waals surface area contributed by atoms with E-state index in [0.717, 1.165) is 0 Å². The molecule has 0 bridgehead atoms. The number of alkyl halides is 1. The zero-order chi connectivity index (χ0) is 14.5. The van der Waals surface area contributed by atoms with Gasteiger partial charge in [0.1, 0.15) is 6.04 Å². The predicted molar refractivity (Wildman–Crippen MR) is 59.4 cm³/mol. The summed E-state index contributed by atoms with van der Waals surface area (Å²) in [6, 6.07) is -1.41. The van der Waals surface area contributed by atoms with E-state index in [0.29, 0.717) is 4.90 Å². The number of ether oxygens (including phenoxy) is 1. The van der Waals surface area contributed by atoms with Crippen LogP contribution in [0.5, 0.6) is 0 Å². The van der Waals surface area contributed by atoms with Crippen LogP contribution in [0.3, 0.4) is 0 Å². The van der Waals surface area contributed by atoms with Crippen molar-refractivity contribution in [2.75, 3.05) is 26.3 Å². The maximum atomic E-state index is 14.2. The zero-order valence-electron chi connectivity index (χ0n) is 9.90. The minimum absolute atomic E-state index is 0.0134. The monoisotopic (exact) mass is 276 g/mol. The molecule has 10 heteroatoms. The Hall–Kier alpha value is -2.06. The molecule has 1 fully saturated rings. The summed E-state index contributed by atoms with van der Waals surface area (Å²) >= 11 is 0. The van der Waals surface area contributed by atoms with Gasteiger partial charge in [-0.25, -0.2) is 14.0 Å². The van der Waals surface area contributed by atoms with Gasteiger partial charge in [-0.2, -0.15) is 0 Å². The molecule has 0 aromatic carbocycles. The van der Waals surface area contributed by atoms with E-state index >= 15 is 0 Å². The van der Waals surface area contributed by atoms with Gasteiger partial charge in [-0.3, -0.25) is 4.90 Å². The number of hydrogen-bond donors (Lipinski definition) is 2. The number of halogens is 1. The fraction of sp³-hybridized carbons (Fsp3) is 0.778. The molecule has 1 amide bonds. The number of aliphatic carboxylic acids is 1. The fourth-order valence-electron chi connectivity index (χ4n) is 1.87. The van der Waals surface area contributed by atoms with Gasteiger partial charge in [0.05, 0.1) is 19.8 Å². The third kappa shape index (κ3) is 3.97. The molecule has 1 aliphatic rings. The molecule has 2 atom stereocenters. The van der Waals surface area contributed by atoms with Gasteiger partial charge < -0.3 is 14.9 Å². The fourth-order valence-corrected chi connectivity index (χ4v) is 1.87. The van der Waals surface area contributed by atoms with Crippen LogP contribution in [0.4, 0.5) is 9.18 Å². The van der Waals surface area contributed by atoms with Crippen LogP contribution in [-0.2, 0) is 9.53 Å². The first-order valence-electron chi connectivity index (χ1n) is 5.39. The first-order chi connectivity index (χ1) is 8.89. The van der Waals surface area contributed by atoms with Crippen LogP contribution in [0.15, 0.2) is 5.11 Å². The van der Waals surface area contributed by atoms with Crippen molar-refractivity contribution >= 4 is 12.1 Å². The quantitative estimate of drug-likeness (QED) is 0.321. The van der Waals surface area contributed by atoms with Gasteiger partial charge in [-0.1, -0.05) is 5.11 Å². The summed E-state index contributed by atoms with van der Waals surface area (Å²) < 4.78 is 19.2. The Bertz CT molecular complexity index is 389. The number of likely N-dealkylation sites (tertiary alicyclic amines) is 1. The average molecular weight is 276 g/mol. The summed E-state index contributed by atoms with van der Waals surface area (Å²) in [7, 11) is 0. The molecular formula is C9H13FN4O5. The van der Waals surface area contributed by atoms with Gasteiger partial charge in [0.2, 0.25) is 0 Å². The molecule has 0 aliphatic carbocycles. The minimum atomic E-state index is -2.04. The van der Waals surface area contributed by atoms with Crippen LogP contribution in [-0.4, -0.2) is 65.2 Å². The predicted octanol–water partition coefficient (Wildman–Crippen LogP) is 0.859. The van der Waals surface area contributed by atoms with Gasteiger partial charge >= 0.3 is 12.1 Å². The van der Waals surface area contributed by atoms with Crippen molar-refractivity contribution in [3.63, 3.8) is 0 Å². The Kier molecular flexibility index (Phi) is 4.90. The molecule has 0 unspecified atom stereocenters. The van der Waals surface area contributed by atoms with Gasteiger partial charge in [-0.15, -0.1) is 0 Å². The van der Waals surface area contributed by atoms with Crippen LogP contribution in [0.1, 0.15) is 6.42 Å². The Morgan fingerprint density at radius 2 is 2.26 bits per heavy atom. The molecule has 19 heavy (non-hydrogen) atoms. The highest BCUT2D eigenvalue weighted by Gasteiger charge is 2.50. The van der Waals surface area contributed by atoms with Crippen molar-refractivity contribution in [1.29, 1.82) is 0 Å². The molecule has 0 spiro atoms. The summed E-state index contributed by atoms with van der Waals surface area (Å²) in [6.45, 7) is -0.986. The van der Waals surface area contributed by atoms with E-state index < -0.39 is 43.3 Å². The number of azide groups is 1. The highest BCUT2D eigenvalue weighted by Crippen LogP contribution is 2.31. The lowest BCUT2D eigenvalue weighted by atomic mass is 10.0. The second kappa shape index (κ2) is 6.21. The van der Waals surface area contributed by atoms with Gasteiger partial charge in [0, 0.05) is 17.9 Å². The second-order valence-electron chi connectivity index (χ2n) is 4.13. The maximum Gasteiger partial charge on any atom is 0.408 e. The highest BCUT2D eigenvalue weighted by molar-refractivity contribution is 5.80. The molecule has 0 radical (unpaired) electrons. The lowest BCUT2D eigenvalue weighted by Crippen LogP contribution is -2.40. The summed E-state index contributed by atoms with van der Waals surface area (Å²) in [4.78, 5) is 24.7. The molecule has 106 valence electrons. The molecule has 0 saturated carbocycles. The number of amides is 1. The summed E-state index contributed by atoms with van der Waals surface area (Å²) in [6.07, 6.45) is -1.95. The molecular weight excluding hydrogens is 263 g/mol. The van der Waals surface area contributed by atoms with Crippen molar-refractivity contribution in [3.05, 3.63) is 10.4 Å². The summed E-state index contributed by atoms with van der Waals surface area (Å²) in [5, 5.41) is 20.8. The van der Waals surface area contributed by atoms with Crippen molar-refractivity contribution in [2.45, 2.75) is 18.1 Å². The van der Waals surface area contributed by atoms with E-state index in [1.165, 1.54) is 0 Å². The van der Waals surface area contributed by atoms with Crippen molar-refractivity contribution in [2.24, 2.45) is 5.11 Å². The van der Waals surface area contributed by atoms with Crippen molar-refractivity contribution < 1.29 is 28.9 Å². The molecule has 0 aromatic rings. The zero-order valence-corrected chi connectivity index (χ0v) is 9.90. The first-order valence-corrected chi connectivity index (χ1v) is 5.39. The van der Waals surface area contributed by atoms with Crippen molar-refractivity contribution in [3.8, 4) is 0 Å². The van der Waals surface area contributed by atoms with E-state index in [2.05, 4.69) is 10.0 Å². The smallest absolute Gasteiger partial charge is 0.408 e. The van der Waals surface area contributed by atoms with Crippen LogP contribution in [0.25, 0.3) is 10.4 Å². The van der Waals surface area contributed by atoms with E-state index in [9.17, 15) is 14.0 Å². The number of carbonyl (C=O) groups is 2. The molecule has 1 aliphatic heterocycles. The first kappa shape index (κ1) is 15.0. The van der Waals surface area contributed by atoms with Crippen LogP contribution < -0.4 is 0 Å². The van der Waals surface area contributed by atoms with E-state index in [-0.39, 0.29) is 13.2 Å². The largest absolute Gasteiger partial charge is 0.480 e. The normalized spacial score (nSPS) is 25.9. The molecule has 9 nitrogen and oxygen atoms in total. The number of hydrogen-bond acceptors (Lipinski definition) is 4. The van der Waals surface area contributed by atoms with Gasteiger partial charge in [0.15, 0.2) is 5.67 Å². The minimum Gasteiger partial charge on any atom is -0.480 e. The molecule has 1 rings (SSSR count). The second-order valence-corrected chi connectivity index (χ2v) is 4.13. The SMILES string of the molecule is [N-]=[N+]=NCCOC[C@@]1(F)C[C@@H](C(=O)O)N(C(=O)O)C1. The average Bonchev–Trinajstić information content (AvgIpc) is 2.68. The Morgan fingerprint density at radius 3 is 2.74 bits per heavy atom. The number of rotatable bonds is 6. The Morgan fingerprint density at radius 1 is 1.58 bits per heavy atom. The van der Waals surface area contributed by atoms with Crippen LogP contribution >= 0.6 is 0 Å². The Balaban J connectivity index is 2.56. The number of nitrogens with zero attached hydrogens (tertiary/aromatic N) is 4. The van der Waals surface area contributed by atoms with E-state index in [1.54, 1.807) is 0 Å². The molecule has 1 heterocycles. The third-order valence-electron chi connectivity index (χ3n) is 2.68.